The van der Waals surface area contributed by atoms with E-state index >= 15 is 0 Å². The number of aromatic nitrogens is 2. The van der Waals surface area contributed by atoms with Gasteiger partial charge in [0.05, 0.1) is 24.4 Å². The van der Waals surface area contributed by atoms with E-state index in [1.807, 2.05) is 67.6 Å². The summed E-state index contributed by atoms with van der Waals surface area (Å²) in [5.41, 5.74) is 5.46. The van der Waals surface area contributed by atoms with Gasteiger partial charge in [0, 0.05) is 10.9 Å². The third kappa shape index (κ3) is 3.66. The van der Waals surface area contributed by atoms with Crippen LogP contribution >= 0.6 is 0 Å². The largest absolute Gasteiger partial charge is 0.394 e. The number of nitrogens with one attached hydrogen (secondary N) is 2. The Bertz CT molecular complexity index is 1130. The van der Waals surface area contributed by atoms with Crippen LogP contribution in [0, 0.1) is 6.92 Å². The van der Waals surface area contributed by atoms with Gasteiger partial charge in [0.2, 0.25) is 0 Å². The van der Waals surface area contributed by atoms with Crippen LogP contribution in [-0.2, 0) is 0 Å². The summed E-state index contributed by atoms with van der Waals surface area (Å²) in [5.74, 6) is -0.216. The maximum Gasteiger partial charge on any atom is 0.251 e. The third-order valence-corrected chi connectivity index (χ3v) is 4.83. The van der Waals surface area contributed by atoms with E-state index in [1.165, 1.54) is 0 Å². The Morgan fingerprint density at radius 1 is 1.07 bits per heavy atom. The molecule has 1 heterocycles. The van der Waals surface area contributed by atoms with Gasteiger partial charge < -0.3 is 10.4 Å². The first-order valence-corrected chi connectivity index (χ1v) is 9.16. The van der Waals surface area contributed by atoms with Crippen molar-refractivity contribution in [1.29, 1.82) is 0 Å². The van der Waals surface area contributed by atoms with E-state index in [9.17, 15) is 9.90 Å². The van der Waals surface area contributed by atoms with Gasteiger partial charge in [0.25, 0.3) is 5.91 Å². The second-order valence-electron chi connectivity index (χ2n) is 6.88. The Morgan fingerprint density at radius 2 is 1.89 bits per heavy atom. The molecule has 0 aliphatic heterocycles. The first-order chi connectivity index (χ1) is 13.6. The minimum Gasteiger partial charge on any atom is -0.394 e. The van der Waals surface area contributed by atoms with Crippen LogP contribution in [0.15, 0.2) is 72.9 Å². The van der Waals surface area contributed by atoms with Gasteiger partial charge in [-0.3, -0.25) is 9.89 Å². The van der Waals surface area contributed by atoms with E-state index in [4.69, 9.17) is 0 Å². The third-order valence-electron chi connectivity index (χ3n) is 4.83. The SMILES string of the molecule is Cc1cccc(C(CO)NC(=O)c2cccc(-c3ccc4[nH]ncc4c3)c2)c1. The number of nitrogens with zero attached hydrogens (tertiary/aromatic N) is 1. The molecule has 140 valence electrons. The molecule has 28 heavy (non-hydrogen) atoms. The monoisotopic (exact) mass is 371 g/mol. The van der Waals surface area contributed by atoms with Gasteiger partial charge in [0.1, 0.15) is 0 Å². The lowest BCUT2D eigenvalue weighted by molar-refractivity contribution is 0.0916. The number of aryl methyl sites for hydroxylation is 1. The molecular formula is C23H21N3O2. The standard InChI is InChI=1S/C23H21N3O2/c1-15-4-2-6-18(10-15)22(14-27)25-23(28)19-7-3-5-16(11-19)17-8-9-21-20(12-17)13-24-26-21/h2-13,22,27H,14H2,1H3,(H,24,26)(H,25,28). The topological polar surface area (TPSA) is 78.0 Å². The van der Waals surface area contributed by atoms with Gasteiger partial charge in [-0.05, 0) is 47.9 Å². The Kier molecular flexibility index (Phi) is 4.91. The number of aliphatic hydroxyl groups is 1. The number of carbonyl (C=O) groups excluding carboxylic acids is 1. The molecule has 3 N–H and O–H groups in total. The van der Waals surface area contributed by atoms with Crippen molar-refractivity contribution in [3.63, 3.8) is 0 Å². The number of aliphatic hydroxyl groups excluding tert-OH is 1. The molecule has 4 aromatic rings. The molecular weight excluding hydrogens is 350 g/mol. The predicted octanol–water partition coefficient (Wildman–Crippen LogP) is 4.00. The number of carbonyl (C=O) groups is 1. The quantitative estimate of drug-likeness (QED) is 0.496. The molecule has 5 nitrogen and oxygen atoms in total. The van der Waals surface area contributed by atoms with Crippen LogP contribution in [0.2, 0.25) is 0 Å². The first-order valence-electron chi connectivity index (χ1n) is 9.16. The lowest BCUT2D eigenvalue weighted by atomic mass is 10.0. The fraction of sp³-hybridized carbons (Fsp3) is 0.130. The molecule has 0 fully saturated rings. The molecule has 0 bridgehead atoms. The van der Waals surface area contributed by atoms with Crippen molar-refractivity contribution < 1.29 is 9.90 Å². The van der Waals surface area contributed by atoms with Crippen LogP contribution < -0.4 is 5.32 Å². The highest BCUT2D eigenvalue weighted by atomic mass is 16.3. The number of rotatable bonds is 5. The molecule has 3 aromatic carbocycles. The molecule has 0 saturated heterocycles. The number of fused-ring (bicyclic) bond motifs is 1. The molecule has 0 saturated carbocycles. The van der Waals surface area contributed by atoms with Crippen LogP contribution in [0.25, 0.3) is 22.0 Å². The number of benzene rings is 3. The highest BCUT2D eigenvalue weighted by Gasteiger charge is 2.15. The predicted molar refractivity (Wildman–Crippen MR) is 110 cm³/mol. The van der Waals surface area contributed by atoms with E-state index in [2.05, 4.69) is 15.5 Å². The number of aromatic amines is 1. The van der Waals surface area contributed by atoms with Gasteiger partial charge in [-0.15, -0.1) is 0 Å². The Labute approximate surface area is 163 Å². The van der Waals surface area contributed by atoms with Crippen molar-refractivity contribution in [2.45, 2.75) is 13.0 Å². The molecule has 1 aromatic heterocycles. The molecule has 0 spiro atoms. The van der Waals surface area contributed by atoms with E-state index in [-0.39, 0.29) is 12.5 Å². The van der Waals surface area contributed by atoms with Crippen LogP contribution in [0.4, 0.5) is 0 Å². The highest BCUT2D eigenvalue weighted by molar-refractivity contribution is 5.96. The van der Waals surface area contributed by atoms with Gasteiger partial charge in [0.15, 0.2) is 0 Å². The summed E-state index contributed by atoms with van der Waals surface area (Å²) in [6.45, 7) is 1.83. The molecule has 1 unspecified atom stereocenters. The van der Waals surface area contributed by atoms with Crippen LogP contribution in [-0.4, -0.2) is 27.8 Å². The van der Waals surface area contributed by atoms with Gasteiger partial charge >= 0.3 is 0 Å². The minimum absolute atomic E-state index is 0.161. The van der Waals surface area contributed by atoms with Crippen molar-refractivity contribution in [2.75, 3.05) is 6.61 Å². The molecule has 1 amide bonds. The summed E-state index contributed by atoms with van der Waals surface area (Å²) >= 11 is 0. The summed E-state index contributed by atoms with van der Waals surface area (Å²) in [5, 5.41) is 20.7. The molecule has 5 heteroatoms. The first kappa shape index (κ1) is 17.9. The van der Waals surface area contributed by atoms with E-state index in [1.54, 1.807) is 12.3 Å². The highest BCUT2D eigenvalue weighted by Crippen LogP contribution is 2.24. The maximum absolute atomic E-state index is 12.8. The number of hydrogen-bond acceptors (Lipinski definition) is 3. The Morgan fingerprint density at radius 3 is 2.71 bits per heavy atom. The summed E-state index contributed by atoms with van der Waals surface area (Å²) in [7, 11) is 0. The fourth-order valence-corrected chi connectivity index (χ4v) is 3.33. The van der Waals surface area contributed by atoms with Crippen LogP contribution in [0.5, 0.6) is 0 Å². The van der Waals surface area contributed by atoms with Crippen molar-refractivity contribution in [2.24, 2.45) is 0 Å². The molecule has 0 radical (unpaired) electrons. The average Bonchev–Trinajstić information content (AvgIpc) is 3.20. The summed E-state index contributed by atoms with van der Waals surface area (Å²) in [6.07, 6.45) is 1.78. The average molecular weight is 371 g/mol. The van der Waals surface area contributed by atoms with E-state index < -0.39 is 6.04 Å². The smallest absolute Gasteiger partial charge is 0.251 e. The normalized spacial score (nSPS) is 12.1. The Hall–Kier alpha value is -3.44. The number of amides is 1. The minimum atomic E-state index is -0.446. The van der Waals surface area contributed by atoms with Crippen molar-refractivity contribution in [1.82, 2.24) is 15.5 Å². The zero-order chi connectivity index (χ0) is 19.5. The van der Waals surface area contributed by atoms with Crippen molar-refractivity contribution in [3.8, 4) is 11.1 Å². The molecule has 0 aliphatic carbocycles. The molecule has 0 aliphatic rings. The summed E-state index contributed by atoms with van der Waals surface area (Å²) < 4.78 is 0. The van der Waals surface area contributed by atoms with Crippen molar-refractivity contribution in [3.05, 3.63) is 89.6 Å². The zero-order valence-electron chi connectivity index (χ0n) is 15.5. The lowest BCUT2D eigenvalue weighted by Gasteiger charge is -2.17. The van der Waals surface area contributed by atoms with Crippen LogP contribution in [0.1, 0.15) is 27.5 Å². The second-order valence-corrected chi connectivity index (χ2v) is 6.88. The number of H-pyrrole nitrogens is 1. The van der Waals surface area contributed by atoms with Gasteiger partial charge in [-0.2, -0.15) is 5.10 Å². The Balaban J connectivity index is 1.58. The summed E-state index contributed by atoms with van der Waals surface area (Å²) in [4.78, 5) is 12.8. The lowest BCUT2D eigenvalue weighted by Crippen LogP contribution is -2.30. The zero-order valence-corrected chi connectivity index (χ0v) is 15.5. The van der Waals surface area contributed by atoms with Crippen molar-refractivity contribution >= 4 is 16.8 Å². The van der Waals surface area contributed by atoms with Gasteiger partial charge in [-0.25, -0.2) is 0 Å². The molecule has 1 atom stereocenters. The molecule has 4 rings (SSSR count). The maximum atomic E-state index is 12.8. The van der Waals surface area contributed by atoms with Gasteiger partial charge in [-0.1, -0.05) is 48.0 Å². The van der Waals surface area contributed by atoms with Crippen LogP contribution in [0.3, 0.4) is 0 Å². The fourth-order valence-electron chi connectivity index (χ4n) is 3.33. The van der Waals surface area contributed by atoms with E-state index in [0.29, 0.717) is 5.56 Å². The number of hydrogen-bond donors (Lipinski definition) is 3. The van der Waals surface area contributed by atoms with E-state index in [0.717, 1.165) is 33.2 Å². The second kappa shape index (κ2) is 7.66. The summed E-state index contributed by atoms with van der Waals surface area (Å²) in [6, 6.07) is 20.8.